The van der Waals surface area contributed by atoms with Gasteiger partial charge in [0.2, 0.25) is 0 Å². The zero-order valence-electron chi connectivity index (χ0n) is 11.9. The predicted molar refractivity (Wildman–Crippen MR) is 73.0 cm³/mol. The molecule has 0 saturated carbocycles. The van der Waals surface area contributed by atoms with Crippen LogP contribution in [0.5, 0.6) is 0 Å². The molecule has 0 radical (unpaired) electrons. The highest BCUT2D eigenvalue weighted by molar-refractivity contribution is 5.70. The number of carbonyl (C=O) groups excluding carboxylic acids is 1. The number of esters is 1. The Labute approximate surface area is 119 Å². The van der Waals surface area contributed by atoms with E-state index in [-0.39, 0.29) is 24.3 Å². The Morgan fingerprint density at radius 1 is 1.15 bits per heavy atom. The van der Waals surface area contributed by atoms with Crippen LogP contribution in [0.1, 0.15) is 44.8 Å². The van der Waals surface area contributed by atoms with E-state index in [9.17, 15) is 4.79 Å². The largest absolute Gasteiger partial charge is 0.459 e. The van der Waals surface area contributed by atoms with E-state index in [1.54, 1.807) is 0 Å². The standard InChI is InChI=1S/C16H20O4/c1-16(2)19-14(11-7-4-3-5-8-11)15(20-16)12-9-6-10-13(17)18-12/h3-5,7-8,12,14-15H,6,9-10H2,1-2H3/t12-,14-,15+/m1/s1. The van der Waals surface area contributed by atoms with Crippen LogP contribution in [0, 0.1) is 0 Å². The first-order valence-corrected chi connectivity index (χ1v) is 7.15. The molecule has 4 nitrogen and oxygen atoms in total. The summed E-state index contributed by atoms with van der Waals surface area (Å²) in [4.78, 5) is 11.5. The highest BCUT2D eigenvalue weighted by Crippen LogP contribution is 2.41. The van der Waals surface area contributed by atoms with Crippen molar-refractivity contribution in [3.05, 3.63) is 35.9 Å². The highest BCUT2D eigenvalue weighted by Gasteiger charge is 2.47. The summed E-state index contributed by atoms with van der Waals surface area (Å²) in [5.74, 6) is -0.795. The summed E-state index contributed by atoms with van der Waals surface area (Å²) in [7, 11) is 0. The van der Waals surface area contributed by atoms with Crippen LogP contribution in [-0.4, -0.2) is 24.0 Å². The van der Waals surface area contributed by atoms with Crippen LogP contribution in [0.15, 0.2) is 30.3 Å². The SMILES string of the molecule is CC1(C)O[C@@H]([C@H]2CCCC(=O)O2)[C@@H](c2ccccc2)O1. The van der Waals surface area contributed by atoms with Crippen molar-refractivity contribution in [3.63, 3.8) is 0 Å². The number of cyclic esters (lactones) is 1. The molecule has 20 heavy (non-hydrogen) atoms. The molecule has 108 valence electrons. The number of hydrogen-bond donors (Lipinski definition) is 0. The molecule has 0 aromatic heterocycles. The van der Waals surface area contributed by atoms with Gasteiger partial charge in [-0.15, -0.1) is 0 Å². The van der Waals surface area contributed by atoms with Gasteiger partial charge in [0.1, 0.15) is 18.3 Å². The van der Waals surface area contributed by atoms with Gasteiger partial charge in [0.25, 0.3) is 0 Å². The summed E-state index contributed by atoms with van der Waals surface area (Å²) in [6.07, 6.45) is 1.54. The molecule has 1 aromatic carbocycles. The molecular weight excluding hydrogens is 256 g/mol. The lowest BCUT2D eigenvalue weighted by Crippen LogP contribution is -2.38. The van der Waals surface area contributed by atoms with Crippen molar-refractivity contribution in [1.29, 1.82) is 0 Å². The third kappa shape index (κ3) is 2.72. The van der Waals surface area contributed by atoms with Crippen LogP contribution in [0.3, 0.4) is 0 Å². The number of rotatable bonds is 2. The van der Waals surface area contributed by atoms with Gasteiger partial charge in [0.15, 0.2) is 5.79 Å². The van der Waals surface area contributed by atoms with Crippen LogP contribution in [-0.2, 0) is 19.0 Å². The van der Waals surface area contributed by atoms with Crippen molar-refractivity contribution in [1.82, 2.24) is 0 Å². The smallest absolute Gasteiger partial charge is 0.306 e. The molecule has 2 aliphatic rings. The van der Waals surface area contributed by atoms with Gasteiger partial charge in [0.05, 0.1) is 0 Å². The van der Waals surface area contributed by atoms with E-state index in [1.807, 2.05) is 44.2 Å². The number of carbonyl (C=O) groups is 1. The number of hydrogen-bond acceptors (Lipinski definition) is 4. The highest BCUT2D eigenvalue weighted by atomic mass is 16.8. The van der Waals surface area contributed by atoms with Gasteiger partial charge in [-0.2, -0.15) is 0 Å². The van der Waals surface area contributed by atoms with Crippen molar-refractivity contribution in [2.45, 2.75) is 57.2 Å². The first-order chi connectivity index (χ1) is 9.55. The second-order valence-electron chi connectivity index (χ2n) is 5.85. The maximum absolute atomic E-state index is 11.5. The Morgan fingerprint density at radius 3 is 2.60 bits per heavy atom. The molecule has 1 aromatic rings. The van der Waals surface area contributed by atoms with Gasteiger partial charge in [-0.1, -0.05) is 30.3 Å². The van der Waals surface area contributed by atoms with Crippen molar-refractivity contribution in [3.8, 4) is 0 Å². The second kappa shape index (κ2) is 5.19. The fourth-order valence-corrected chi connectivity index (χ4v) is 2.93. The molecule has 2 heterocycles. The molecule has 2 saturated heterocycles. The van der Waals surface area contributed by atoms with E-state index in [2.05, 4.69) is 0 Å². The van der Waals surface area contributed by atoms with Crippen LogP contribution >= 0.6 is 0 Å². The van der Waals surface area contributed by atoms with Gasteiger partial charge in [-0.25, -0.2) is 0 Å². The molecule has 0 N–H and O–H groups in total. The zero-order chi connectivity index (χ0) is 14.2. The number of benzene rings is 1. The quantitative estimate of drug-likeness (QED) is 0.779. The van der Waals surface area contributed by atoms with Crippen LogP contribution < -0.4 is 0 Å². The summed E-state index contributed by atoms with van der Waals surface area (Å²) in [6.45, 7) is 3.79. The molecule has 4 heteroatoms. The summed E-state index contributed by atoms with van der Waals surface area (Å²) in [6, 6.07) is 9.97. The first-order valence-electron chi connectivity index (χ1n) is 7.15. The molecular formula is C16H20O4. The van der Waals surface area contributed by atoms with Crippen LogP contribution in [0.2, 0.25) is 0 Å². The molecule has 0 aliphatic carbocycles. The lowest BCUT2D eigenvalue weighted by atomic mass is 9.96. The van der Waals surface area contributed by atoms with Crippen LogP contribution in [0.25, 0.3) is 0 Å². The van der Waals surface area contributed by atoms with Gasteiger partial charge < -0.3 is 14.2 Å². The maximum Gasteiger partial charge on any atom is 0.306 e. The first kappa shape index (κ1) is 13.6. The molecule has 3 rings (SSSR count). The topological polar surface area (TPSA) is 44.8 Å². The molecule has 0 amide bonds. The monoisotopic (exact) mass is 276 g/mol. The fourth-order valence-electron chi connectivity index (χ4n) is 2.93. The van der Waals surface area contributed by atoms with E-state index >= 15 is 0 Å². The Kier molecular flexibility index (Phi) is 3.52. The zero-order valence-corrected chi connectivity index (χ0v) is 11.9. The van der Waals surface area contributed by atoms with Gasteiger partial charge in [0, 0.05) is 6.42 Å². The van der Waals surface area contributed by atoms with E-state index in [0.29, 0.717) is 6.42 Å². The summed E-state index contributed by atoms with van der Waals surface area (Å²) in [5.41, 5.74) is 1.06. The Morgan fingerprint density at radius 2 is 1.90 bits per heavy atom. The molecule has 0 unspecified atom stereocenters. The van der Waals surface area contributed by atoms with Crippen LogP contribution in [0.4, 0.5) is 0 Å². The van der Waals surface area contributed by atoms with Crippen molar-refractivity contribution >= 4 is 5.97 Å². The minimum Gasteiger partial charge on any atom is -0.459 e. The summed E-state index contributed by atoms with van der Waals surface area (Å²) >= 11 is 0. The normalized spacial score (nSPS) is 32.9. The minimum absolute atomic E-state index is 0.138. The van der Waals surface area contributed by atoms with Crippen molar-refractivity contribution in [2.75, 3.05) is 0 Å². The van der Waals surface area contributed by atoms with Gasteiger partial charge in [-0.05, 0) is 32.3 Å². The van der Waals surface area contributed by atoms with E-state index < -0.39 is 5.79 Å². The molecule has 2 aliphatic heterocycles. The maximum atomic E-state index is 11.5. The van der Waals surface area contributed by atoms with Crippen molar-refractivity contribution < 1.29 is 19.0 Å². The van der Waals surface area contributed by atoms with Gasteiger partial charge >= 0.3 is 5.97 Å². The van der Waals surface area contributed by atoms with E-state index in [4.69, 9.17) is 14.2 Å². The lowest BCUT2D eigenvalue weighted by Gasteiger charge is -2.29. The number of ether oxygens (including phenoxy) is 3. The molecule has 0 spiro atoms. The van der Waals surface area contributed by atoms with E-state index in [1.165, 1.54) is 0 Å². The Bertz CT molecular complexity index is 483. The van der Waals surface area contributed by atoms with Gasteiger partial charge in [-0.3, -0.25) is 4.79 Å². The predicted octanol–water partition coefficient (Wildman–Crippen LogP) is 2.97. The molecule has 0 bridgehead atoms. The molecule has 3 atom stereocenters. The van der Waals surface area contributed by atoms with Crippen molar-refractivity contribution in [2.24, 2.45) is 0 Å². The second-order valence-corrected chi connectivity index (χ2v) is 5.85. The lowest BCUT2D eigenvalue weighted by molar-refractivity contribution is -0.176. The Balaban J connectivity index is 1.85. The average molecular weight is 276 g/mol. The minimum atomic E-state index is -0.658. The van der Waals surface area contributed by atoms with E-state index in [0.717, 1.165) is 18.4 Å². The average Bonchev–Trinajstić information content (AvgIpc) is 2.76. The third-order valence-electron chi connectivity index (χ3n) is 3.78. The summed E-state index contributed by atoms with van der Waals surface area (Å²) in [5, 5.41) is 0. The third-order valence-corrected chi connectivity index (χ3v) is 3.78. The molecule has 2 fully saturated rings. The summed E-state index contributed by atoms with van der Waals surface area (Å²) < 4.78 is 17.5. The Hall–Kier alpha value is -1.39. The fraction of sp³-hybridized carbons (Fsp3) is 0.562.